The maximum Gasteiger partial charge on any atom is 0.340 e. The van der Waals surface area contributed by atoms with Gasteiger partial charge in [0.1, 0.15) is 18.0 Å². The van der Waals surface area contributed by atoms with Crippen LogP contribution in [0.4, 0.5) is 10.2 Å². The molecule has 0 saturated carbocycles. The normalized spacial score (nSPS) is 14.3. The predicted octanol–water partition coefficient (Wildman–Crippen LogP) is 4.91. The average Bonchev–Trinajstić information content (AvgIpc) is 3.25. The fraction of sp³-hybridized carbons (Fsp3) is 0.269. The first-order valence-corrected chi connectivity index (χ1v) is 11.2. The molecule has 0 radical (unpaired) electrons. The van der Waals surface area contributed by atoms with Crippen LogP contribution < -0.4 is 5.32 Å². The maximum absolute atomic E-state index is 14.9. The number of methoxy groups -OCH3 is 1. The molecule has 34 heavy (non-hydrogen) atoms. The smallest absolute Gasteiger partial charge is 0.340 e. The number of rotatable bonds is 5. The zero-order valence-corrected chi connectivity index (χ0v) is 19.0. The predicted molar refractivity (Wildman–Crippen MR) is 128 cm³/mol. The zero-order valence-electron chi connectivity index (χ0n) is 19.0. The number of aryl methyl sites for hydroxylation is 1. The van der Waals surface area contributed by atoms with Crippen LogP contribution in [0.15, 0.2) is 55.0 Å². The minimum absolute atomic E-state index is 0.106. The number of aromatic nitrogens is 3. The third kappa shape index (κ3) is 4.12. The summed E-state index contributed by atoms with van der Waals surface area (Å²) in [6.07, 6.45) is 5.24. The van der Waals surface area contributed by atoms with Crippen LogP contribution in [0.1, 0.15) is 28.8 Å². The van der Waals surface area contributed by atoms with Crippen LogP contribution in [-0.4, -0.2) is 46.9 Å². The van der Waals surface area contributed by atoms with Crippen LogP contribution in [0.2, 0.25) is 0 Å². The minimum atomic E-state index is -0.712. The van der Waals surface area contributed by atoms with Gasteiger partial charge in [-0.3, -0.25) is 0 Å². The van der Waals surface area contributed by atoms with Gasteiger partial charge in [-0.2, -0.15) is 0 Å². The summed E-state index contributed by atoms with van der Waals surface area (Å²) in [7, 11) is 1.23. The van der Waals surface area contributed by atoms with Gasteiger partial charge in [0, 0.05) is 36.7 Å². The van der Waals surface area contributed by atoms with E-state index in [1.54, 1.807) is 12.4 Å². The first-order chi connectivity index (χ1) is 16.5. The van der Waals surface area contributed by atoms with Crippen LogP contribution in [0, 0.1) is 12.7 Å². The summed E-state index contributed by atoms with van der Waals surface area (Å²) < 4.78 is 27.0. The molecule has 0 bridgehead atoms. The van der Waals surface area contributed by atoms with Gasteiger partial charge in [-0.15, -0.1) is 0 Å². The number of anilines is 1. The molecule has 1 aliphatic heterocycles. The number of carbonyl (C=O) groups is 1. The molecule has 0 spiro atoms. The third-order valence-corrected chi connectivity index (χ3v) is 6.11. The van der Waals surface area contributed by atoms with Gasteiger partial charge < -0.3 is 19.4 Å². The lowest BCUT2D eigenvalue weighted by Gasteiger charge is -2.24. The molecule has 1 aliphatic rings. The first-order valence-electron chi connectivity index (χ1n) is 11.2. The number of hydrogen-bond donors (Lipinski definition) is 1. The Labute approximate surface area is 196 Å². The van der Waals surface area contributed by atoms with Crippen molar-refractivity contribution in [1.29, 1.82) is 0 Å². The van der Waals surface area contributed by atoms with Crippen molar-refractivity contribution in [3.8, 4) is 16.8 Å². The SMILES string of the molecule is COC(=O)c1ccc(-c2cn(-c3cccc(C)c3)c3ncnc(NC4CCOCC4)c23)cc1F. The van der Waals surface area contributed by atoms with Crippen molar-refractivity contribution in [3.05, 3.63) is 71.9 Å². The average molecular weight is 461 g/mol. The molecule has 0 unspecified atom stereocenters. The van der Waals surface area contributed by atoms with Crippen molar-refractivity contribution in [1.82, 2.24) is 14.5 Å². The lowest BCUT2D eigenvalue weighted by molar-refractivity contribution is 0.0595. The highest BCUT2D eigenvalue weighted by Gasteiger charge is 2.22. The molecule has 5 rings (SSSR count). The number of carbonyl (C=O) groups excluding carboxylic acids is 1. The first kappa shape index (κ1) is 22.0. The summed E-state index contributed by atoms with van der Waals surface area (Å²) in [5.41, 5.74) is 4.05. The van der Waals surface area contributed by atoms with E-state index in [9.17, 15) is 9.18 Å². The molecular formula is C26H25FN4O3. The van der Waals surface area contributed by atoms with Crippen LogP contribution in [0.25, 0.3) is 27.8 Å². The quantitative estimate of drug-likeness (QED) is 0.426. The van der Waals surface area contributed by atoms with Crippen LogP contribution in [-0.2, 0) is 9.47 Å². The summed E-state index contributed by atoms with van der Waals surface area (Å²) in [6.45, 7) is 3.43. The van der Waals surface area contributed by atoms with Gasteiger partial charge in [0.15, 0.2) is 5.65 Å². The third-order valence-electron chi connectivity index (χ3n) is 6.11. The van der Waals surface area contributed by atoms with Crippen molar-refractivity contribution < 1.29 is 18.7 Å². The highest BCUT2D eigenvalue weighted by molar-refractivity contribution is 6.02. The molecular weight excluding hydrogens is 435 g/mol. The van der Waals surface area contributed by atoms with E-state index in [1.165, 1.54) is 19.2 Å². The monoisotopic (exact) mass is 460 g/mol. The van der Waals surface area contributed by atoms with Crippen molar-refractivity contribution in [2.75, 3.05) is 25.6 Å². The second-order valence-electron chi connectivity index (χ2n) is 8.39. The Kier molecular flexibility index (Phi) is 5.98. The number of hydrogen-bond acceptors (Lipinski definition) is 6. The maximum atomic E-state index is 14.9. The van der Waals surface area contributed by atoms with Crippen molar-refractivity contribution in [3.63, 3.8) is 0 Å². The van der Waals surface area contributed by atoms with E-state index >= 15 is 0 Å². The minimum Gasteiger partial charge on any atom is -0.465 e. The molecule has 0 atom stereocenters. The van der Waals surface area contributed by atoms with Crippen LogP contribution >= 0.6 is 0 Å². The Balaban J connectivity index is 1.69. The highest BCUT2D eigenvalue weighted by Crippen LogP contribution is 2.36. The summed E-state index contributed by atoms with van der Waals surface area (Å²) in [5, 5.41) is 4.34. The van der Waals surface area contributed by atoms with Gasteiger partial charge in [-0.25, -0.2) is 19.2 Å². The molecule has 8 heteroatoms. The van der Waals surface area contributed by atoms with Gasteiger partial charge in [-0.05, 0) is 55.2 Å². The van der Waals surface area contributed by atoms with E-state index in [0.717, 1.165) is 35.0 Å². The highest BCUT2D eigenvalue weighted by atomic mass is 19.1. The Hall–Kier alpha value is -3.78. The fourth-order valence-electron chi connectivity index (χ4n) is 4.36. The van der Waals surface area contributed by atoms with Gasteiger partial charge >= 0.3 is 5.97 Å². The van der Waals surface area contributed by atoms with E-state index in [4.69, 9.17) is 4.74 Å². The van der Waals surface area contributed by atoms with E-state index in [1.807, 2.05) is 35.9 Å². The zero-order chi connectivity index (χ0) is 23.7. The van der Waals surface area contributed by atoms with Crippen LogP contribution in [0.3, 0.4) is 0 Å². The van der Waals surface area contributed by atoms with Gasteiger partial charge in [0.25, 0.3) is 0 Å². The Morgan fingerprint density at radius 3 is 2.74 bits per heavy atom. The molecule has 2 aromatic carbocycles. The number of benzene rings is 2. The van der Waals surface area contributed by atoms with Gasteiger partial charge in [0.05, 0.1) is 18.1 Å². The van der Waals surface area contributed by atoms with Gasteiger partial charge in [-0.1, -0.05) is 18.2 Å². The summed E-state index contributed by atoms with van der Waals surface area (Å²) in [5.74, 6) is -0.663. The Morgan fingerprint density at radius 1 is 1.18 bits per heavy atom. The molecule has 1 fully saturated rings. The number of nitrogens with one attached hydrogen (secondary N) is 1. The van der Waals surface area contributed by atoms with Crippen LogP contribution in [0.5, 0.6) is 0 Å². The number of esters is 1. The standard InChI is InChI=1S/C26H25FN4O3/c1-16-4-3-5-19(12-16)31-14-21(17-6-7-20(22(27)13-17)26(32)33-2)23-24(28-15-29-25(23)31)30-18-8-10-34-11-9-18/h3-7,12-15,18H,8-11H2,1-2H3,(H,28,29,30). The molecule has 1 N–H and O–H groups in total. The topological polar surface area (TPSA) is 78.3 Å². The molecule has 4 aromatic rings. The van der Waals surface area contributed by atoms with E-state index in [-0.39, 0.29) is 11.6 Å². The molecule has 174 valence electrons. The van der Waals surface area contributed by atoms with Crippen molar-refractivity contribution in [2.24, 2.45) is 0 Å². The Bertz CT molecular complexity index is 1360. The van der Waals surface area contributed by atoms with Crippen molar-refractivity contribution in [2.45, 2.75) is 25.8 Å². The second kappa shape index (κ2) is 9.23. The summed E-state index contributed by atoms with van der Waals surface area (Å²) in [4.78, 5) is 21.0. The van der Waals surface area contributed by atoms with Crippen molar-refractivity contribution >= 4 is 22.8 Å². The number of ether oxygens (including phenoxy) is 2. The molecule has 2 aromatic heterocycles. The number of nitrogens with zero attached hydrogens (tertiary/aromatic N) is 3. The Morgan fingerprint density at radius 2 is 2.00 bits per heavy atom. The summed E-state index contributed by atoms with van der Waals surface area (Å²) in [6, 6.07) is 12.8. The lowest BCUT2D eigenvalue weighted by Crippen LogP contribution is -2.28. The molecule has 3 heterocycles. The lowest BCUT2D eigenvalue weighted by atomic mass is 10.0. The number of halogens is 1. The molecule has 7 nitrogen and oxygen atoms in total. The second-order valence-corrected chi connectivity index (χ2v) is 8.39. The molecule has 1 saturated heterocycles. The number of fused-ring (bicyclic) bond motifs is 1. The van der Waals surface area contributed by atoms with E-state index in [0.29, 0.717) is 30.2 Å². The largest absolute Gasteiger partial charge is 0.465 e. The molecule has 0 amide bonds. The van der Waals surface area contributed by atoms with E-state index in [2.05, 4.69) is 26.1 Å². The molecule has 0 aliphatic carbocycles. The fourth-order valence-corrected chi connectivity index (χ4v) is 4.36. The summed E-state index contributed by atoms with van der Waals surface area (Å²) >= 11 is 0. The van der Waals surface area contributed by atoms with E-state index < -0.39 is 11.8 Å². The van der Waals surface area contributed by atoms with Gasteiger partial charge in [0.2, 0.25) is 0 Å².